The number of fused-ring (bicyclic) bond motifs is 4. The first-order valence-corrected chi connectivity index (χ1v) is 24.9. The number of aromatic nitrogens is 1. The van der Waals surface area contributed by atoms with Gasteiger partial charge in [0.1, 0.15) is 0 Å². The van der Waals surface area contributed by atoms with Crippen LogP contribution in [0.5, 0.6) is 0 Å². The fourth-order valence-electron chi connectivity index (χ4n) is 8.51. The molecule has 3 nitrogen and oxygen atoms in total. The van der Waals surface area contributed by atoms with Crippen molar-refractivity contribution in [3.8, 4) is 11.3 Å². The van der Waals surface area contributed by atoms with Gasteiger partial charge < -0.3 is 5.11 Å². The van der Waals surface area contributed by atoms with E-state index in [9.17, 15) is 9.90 Å². The van der Waals surface area contributed by atoms with Gasteiger partial charge in [-0.2, -0.15) is 0 Å². The van der Waals surface area contributed by atoms with Crippen LogP contribution in [0, 0.1) is 47.0 Å². The number of aliphatic hydroxyl groups excluding tert-OH is 1. The normalized spacial score (nSPS) is 13.2. The third-order valence-corrected chi connectivity index (χ3v) is 13.9. The molecule has 6 heteroatoms. The summed E-state index contributed by atoms with van der Waals surface area (Å²) in [7, 11) is -1.60. The van der Waals surface area contributed by atoms with Crippen molar-refractivity contribution >= 4 is 61.3 Å². The Morgan fingerprint density at radius 2 is 1.39 bits per heavy atom. The number of rotatable bonds is 10. The van der Waals surface area contributed by atoms with E-state index in [1.165, 1.54) is 47.9 Å². The summed E-state index contributed by atoms with van der Waals surface area (Å²) in [6.07, 6.45) is 4.74. The third kappa shape index (κ3) is 11.3. The van der Waals surface area contributed by atoms with Crippen LogP contribution in [-0.2, 0) is 36.7 Å². The molecule has 0 aliphatic heterocycles. The van der Waals surface area contributed by atoms with E-state index in [0.29, 0.717) is 23.7 Å². The van der Waals surface area contributed by atoms with E-state index >= 15 is 0 Å². The number of carbonyl (C=O) groups is 1. The van der Waals surface area contributed by atoms with Gasteiger partial charge in [-0.05, 0) is 68.5 Å². The van der Waals surface area contributed by atoms with E-state index in [1.807, 2.05) is 11.3 Å². The molecule has 0 amide bonds. The third-order valence-electron chi connectivity index (χ3n) is 10.8. The second kappa shape index (κ2) is 18.5. The van der Waals surface area contributed by atoms with Crippen LogP contribution in [0.15, 0.2) is 66.6 Å². The van der Waals surface area contributed by atoms with Crippen LogP contribution in [0.25, 0.3) is 42.2 Å². The van der Waals surface area contributed by atoms with Crippen molar-refractivity contribution in [1.82, 2.24) is 4.98 Å². The molecule has 3 aromatic carbocycles. The SMILES string of the molecule is CC(C)(C)Cc1ccc2c(c1)sc1c(-c3[c-]c4ccccc4c(C(C)(C)C)c3)ncc([Si](C)(C)C)c12.CC(C)C(C(=O)/C=C(\O)C(C(C)C)C(C)C)C(C)C.[Ir]. The number of ketones is 1. The van der Waals surface area contributed by atoms with Gasteiger partial charge in [0.05, 0.1) is 13.8 Å². The zero-order valence-electron chi connectivity index (χ0n) is 37.5. The van der Waals surface area contributed by atoms with Crippen molar-refractivity contribution in [2.45, 2.75) is 128 Å². The number of nitrogens with zero attached hydrogens (tertiary/aromatic N) is 1. The van der Waals surface area contributed by atoms with E-state index in [2.05, 4.69) is 177 Å². The molecule has 0 aliphatic rings. The Hall–Kier alpha value is -2.63. The zero-order valence-corrected chi connectivity index (χ0v) is 41.7. The maximum absolute atomic E-state index is 12.3. The Kier molecular flexibility index (Phi) is 15.8. The van der Waals surface area contributed by atoms with Gasteiger partial charge in [-0.15, -0.1) is 40.5 Å². The average Bonchev–Trinajstić information content (AvgIpc) is 3.40. The van der Waals surface area contributed by atoms with Crippen molar-refractivity contribution in [2.75, 3.05) is 0 Å². The van der Waals surface area contributed by atoms with Gasteiger partial charge in [-0.1, -0.05) is 158 Å². The maximum atomic E-state index is 12.3. The Morgan fingerprint density at radius 1 is 0.821 bits per heavy atom. The zero-order chi connectivity index (χ0) is 41.4. The fourth-order valence-corrected chi connectivity index (χ4v) is 11.4. The molecule has 1 N–H and O–H groups in total. The molecule has 0 aliphatic carbocycles. The molecule has 0 saturated heterocycles. The molecule has 56 heavy (non-hydrogen) atoms. The molecule has 307 valence electrons. The second-order valence-electron chi connectivity index (χ2n) is 20.5. The summed E-state index contributed by atoms with van der Waals surface area (Å²) in [5.74, 6) is 1.63. The second-order valence-corrected chi connectivity index (χ2v) is 26.6. The minimum absolute atomic E-state index is 0. The van der Waals surface area contributed by atoms with Gasteiger partial charge >= 0.3 is 0 Å². The van der Waals surface area contributed by atoms with Crippen LogP contribution < -0.4 is 5.19 Å². The van der Waals surface area contributed by atoms with E-state index < -0.39 is 8.07 Å². The molecule has 0 fully saturated rings. The summed E-state index contributed by atoms with van der Waals surface area (Å²) >= 11 is 1.91. The molecule has 0 spiro atoms. The monoisotopic (exact) mass is 969 g/mol. The van der Waals surface area contributed by atoms with Gasteiger partial charge in [0.2, 0.25) is 0 Å². The molecular weight excluding hydrogens is 899 g/mol. The Labute approximate surface area is 358 Å². The van der Waals surface area contributed by atoms with Crippen LogP contribution in [0.3, 0.4) is 0 Å². The molecule has 5 rings (SSSR count). The first kappa shape index (κ1) is 47.7. The van der Waals surface area contributed by atoms with Gasteiger partial charge in [0.15, 0.2) is 5.78 Å². The molecule has 2 aromatic heterocycles. The Balaban J connectivity index is 0.000000361. The van der Waals surface area contributed by atoms with Crippen LogP contribution in [-0.4, -0.2) is 23.9 Å². The van der Waals surface area contributed by atoms with E-state index in [-0.39, 0.29) is 54.3 Å². The van der Waals surface area contributed by atoms with Crippen molar-refractivity contribution in [3.05, 3.63) is 83.8 Å². The number of allylic oxidation sites excluding steroid dienone is 2. The molecule has 1 radical (unpaired) electrons. The van der Waals surface area contributed by atoms with E-state index in [4.69, 9.17) is 4.98 Å². The van der Waals surface area contributed by atoms with Crippen molar-refractivity contribution in [2.24, 2.45) is 40.9 Å². The number of hydrogen-bond donors (Lipinski definition) is 1. The topological polar surface area (TPSA) is 50.2 Å². The number of hydrogen-bond acceptors (Lipinski definition) is 4. The van der Waals surface area contributed by atoms with E-state index in [1.54, 1.807) is 0 Å². The minimum atomic E-state index is -1.60. The number of pyridine rings is 1. The molecular formula is C50H70IrNO2SSi-. The first-order chi connectivity index (χ1) is 25.3. The average molecular weight is 969 g/mol. The summed E-state index contributed by atoms with van der Waals surface area (Å²) < 4.78 is 2.68. The smallest absolute Gasteiger partial charge is 0.162 e. The summed E-state index contributed by atoms with van der Waals surface area (Å²) in [6.45, 7) is 37.7. The van der Waals surface area contributed by atoms with Crippen LogP contribution in [0.1, 0.15) is 108 Å². The van der Waals surface area contributed by atoms with Gasteiger partial charge in [0, 0.05) is 59.3 Å². The largest absolute Gasteiger partial charge is 0.512 e. The summed E-state index contributed by atoms with van der Waals surface area (Å²) in [4.78, 5) is 17.5. The maximum Gasteiger partial charge on any atom is 0.162 e. The molecule has 5 aromatic rings. The number of aliphatic hydroxyl groups is 1. The number of carbonyl (C=O) groups excluding carboxylic acids is 1. The molecule has 0 bridgehead atoms. The fraction of sp³-hybridized carbons (Fsp3) is 0.520. The molecule has 0 unspecified atom stereocenters. The van der Waals surface area contributed by atoms with Gasteiger partial charge in [-0.25, -0.2) is 0 Å². The van der Waals surface area contributed by atoms with Crippen molar-refractivity contribution in [1.29, 1.82) is 0 Å². The van der Waals surface area contributed by atoms with Gasteiger partial charge in [-0.3, -0.25) is 9.78 Å². The van der Waals surface area contributed by atoms with Crippen LogP contribution in [0.2, 0.25) is 19.6 Å². The predicted octanol–water partition coefficient (Wildman–Crippen LogP) is 14.4. The molecule has 0 atom stereocenters. The molecule has 2 heterocycles. The minimum Gasteiger partial charge on any atom is -0.512 e. The standard InChI is InChI=1S/C33H38NSSi.C17H32O2.Ir/c1-32(2,3)19-21-14-15-25-27(16-21)35-31-29(25)28(36(7,8)9)20-34-30(31)23-17-22-12-10-11-13-24(22)26(18-23)33(4,5)6;1-10(2)16(11(3)4)14(18)9-15(19)17(12(5)6)13(7)8;/h10-16,18,20H,19H2,1-9H3;9-13,16-18H,1-8H3;/q-1;;/b;14-9-;. The molecule has 0 saturated carbocycles. The summed E-state index contributed by atoms with van der Waals surface area (Å²) in [6, 6.07) is 21.9. The van der Waals surface area contributed by atoms with Crippen LogP contribution in [0.4, 0.5) is 0 Å². The quantitative estimate of drug-likeness (QED) is 0.0657. The number of thiophene rings is 1. The Bertz CT molecular complexity index is 2140. The van der Waals surface area contributed by atoms with Crippen molar-refractivity contribution < 1.29 is 30.0 Å². The van der Waals surface area contributed by atoms with E-state index in [0.717, 1.165) is 23.1 Å². The Morgan fingerprint density at radius 3 is 1.91 bits per heavy atom. The number of benzene rings is 3. The summed E-state index contributed by atoms with van der Waals surface area (Å²) in [5, 5.41) is 17.0. The first-order valence-electron chi connectivity index (χ1n) is 20.6. The van der Waals surface area contributed by atoms with Crippen molar-refractivity contribution in [3.63, 3.8) is 0 Å². The van der Waals surface area contributed by atoms with Gasteiger partial charge in [0.25, 0.3) is 0 Å². The summed E-state index contributed by atoms with van der Waals surface area (Å²) in [5.41, 5.74) is 5.24. The predicted molar refractivity (Wildman–Crippen MR) is 246 cm³/mol. The van der Waals surface area contributed by atoms with Crippen LogP contribution >= 0.6 is 11.3 Å².